The highest BCUT2D eigenvalue weighted by molar-refractivity contribution is 5.96. The summed E-state index contributed by atoms with van der Waals surface area (Å²) >= 11 is 0. The molecule has 2 aliphatic heterocycles. The molecule has 4 fully saturated rings. The number of carbonyl (C=O) groups is 8. The molecule has 2 heterocycles. The molecule has 13 atom stereocenters. The van der Waals surface area contributed by atoms with Crippen LogP contribution in [0.4, 0.5) is 0 Å². The van der Waals surface area contributed by atoms with Gasteiger partial charge in [-0.2, -0.15) is 0 Å². The van der Waals surface area contributed by atoms with Crippen molar-refractivity contribution in [1.29, 1.82) is 0 Å². The van der Waals surface area contributed by atoms with Gasteiger partial charge in [0, 0.05) is 37.7 Å². The first-order valence-electron chi connectivity index (χ1n) is 23.7. The maximum absolute atomic E-state index is 15.7. The van der Waals surface area contributed by atoms with Gasteiger partial charge >= 0.3 is 35.8 Å². The molecule has 2 saturated carbocycles. The lowest BCUT2D eigenvalue weighted by Crippen LogP contribution is -2.82. The number of ether oxygens (including phenoxy) is 7. The summed E-state index contributed by atoms with van der Waals surface area (Å²) < 4.78 is 42.2. The van der Waals surface area contributed by atoms with E-state index in [1.807, 2.05) is 0 Å². The van der Waals surface area contributed by atoms with Crippen molar-refractivity contribution in [2.24, 2.45) is 16.7 Å². The third kappa shape index (κ3) is 8.96. The summed E-state index contributed by atoms with van der Waals surface area (Å²) in [5.74, 6) is -9.80. The van der Waals surface area contributed by atoms with Crippen molar-refractivity contribution in [3.8, 4) is 0 Å². The van der Waals surface area contributed by atoms with Gasteiger partial charge in [0.1, 0.15) is 30.0 Å². The number of carboxylic acid groups (broad SMARTS) is 1. The SMILES string of the molecule is CC(=O)O[C@H]1C(=O)[C@@]2(C)[C@H]([C@H](OC(=O)c3ccccc3)[C@]3(O)C[C@H](OC(=O)[C@H](OC(=O)C4CCC(C(=O)O)O4)[C@@H](NC(=O)c4ccccc4)c4ccccc4)C(C)=C1C3(C)C)[C@]1(OC(C)=O)CO[C@@H]1C[C@@H]2O. The Morgan fingerprint density at radius 1 is 0.792 bits per heavy atom. The topological polar surface area (TPSA) is 274 Å². The van der Waals surface area contributed by atoms with E-state index in [4.69, 9.17) is 33.2 Å². The number of aliphatic carboxylic acids is 1. The highest BCUT2D eigenvalue weighted by Crippen LogP contribution is 2.64. The predicted molar refractivity (Wildman–Crippen MR) is 247 cm³/mol. The molecule has 72 heavy (non-hydrogen) atoms. The van der Waals surface area contributed by atoms with Gasteiger partial charge in [-0.05, 0) is 67.7 Å². The molecule has 1 amide bonds. The quantitative estimate of drug-likeness (QED) is 0.107. The Balaban J connectivity index is 1.30. The van der Waals surface area contributed by atoms with Crippen molar-refractivity contribution in [2.45, 2.75) is 133 Å². The van der Waals surface area contributed by atoms with Gasteiger partial charge in [0.25, 0.3) is 5.91 Å². The third-order valence-corrected chi connectivity index (χ3v) is 15.3. The number of ketones is 1. The van der Waals surface area contributed by atoms with Crippen LogP contribution in [0.3, 0.4) is 0 Å². The second kappa shape index (κ2) is 19.7. The molecule has 382 valence electrons. The van der Waals surface area contributed by atoms with E-state index in [1.54, 1.807) is 66.7 Å². The molecule has 3 aliphatic carbocycles. The van der Waals surface area contributed by atoms with E-state index in [2.05, 4.69) is 5.32 Å². The highest BCUT2D eigenvalue weighted by atomic mass is 16.6. The molecule has 19 heteroatoms. The number of Topliss-reactive ketones (excluding diaryl/α,β-unsaturated/α-hetero) is 1. The highest BCUT2D eigenvalue weighted by Gasteiger charge is 2.78. The molecule has 2 unspecified atom stereocenters. The molecule has 3 aromatic carbocycles. The van der Waals surface area contributed by atoms with E-state index in [-0.39, 0.29) is 53.7 Å². The molecule has 0 spiro atoms. The number of aliphatic hydroxyl groups excluding tert-OH is 1. The Morgan fingerprint density at radius 2 is 1.39 bits per heavy atom. The Bertz CT molecular complexity index is 2670. The molecular weight excluding hydrogens is 939 g/mol. The number of rotatable bonds is 13. The second-order valence-corrected chi connectivity index (χ2v) is 19.8. The van der Waals surface area contributed by atoms with Crippen LogP contribution in [0.1, 0.15) is 99.5 Å². The number of carboxylic acids is 1. The molecule has 2 bridgehead atoms. The monoisotopic (exact) mass is 995 g/mol. The number of amides is 1. The van der Waals surface area contributed by atoms with Crippen molar-refractivity contribution in [1.82, 2.24) is 5.32 Å². The van der Waals surface area contributed by atoms with Crippen molar-refractivity contribution in [2.75, 3.05) is 6.61 Å². The fourth-order valence-corrected chi connectivity index (χ4v) is 11.5. The molecule has 0 radical (unpaired) electrons. The number of benzene rings is 3. The van der Waals surface area contributed by atoms with Crippen LogP contribution in [-0.2, 0) is 61.9 Å². The summed E-state index contributed by atoms with van der Waals surface area (Å²) in [6, 6.07) is 22.2. The molecule has 3 aromatic rings. The first-order valence-corrected chi connectivity index (χ1v) is 23.7. The second-order valence-electron chi connectivity index (χ2n) is 19.8. The van der Waals surface area contributed by atoms with Crippen LogP contribution in [-0.4, -0.2) is 129 Å². The van der Waals surface area contributed by atoms with Crippen LogP contribution in [0.15, 0.2) is 102 Å². The molecular formula is C53H57NO18. The summed E-state index contributed by atoms with van der Waals surface area (Å²) in [4.78, 5) is 112. The van der Waals surface area contributed by atoms with Crippen LogP contribution in [0.5, 0.6) is 0 Å². The van der Waals surface area contributed by atoms with Crippen molar-refractivity contribution in [3.63, 3.8) is 0 Å². The lowest BCUT2D eigenvalue weighted by Gasteiger charge is -2.67. The van der Waals surface area contributed by atoms with Crippen molar-refractivity contribution in [3.05, 3.63) is 119 Å². The number of fused-ring (bicyclic) bond motifs is 5. The van der Waals surface area contributed by atoms with E-state index >= 15 is 9.59 Å². The molecule has 5 aliphatic rings. The average Bonchev–Trinajstić information content (AvgIpc) is 3.85. The summed E-state index contributed by atoms with van der Waals surface area (Å²) in [6.07, 6.45) is -14.1. The average molecular weight is 996 g/mol. The van der Waals surface area contributed by atoms with Gasteiger partial charge in [-0.15, -0.1) is 0 Å². The first-order chi connectivity index (χ1) is 34.0. The van der Waals surface area contributed by atoms with Crippen molar-refractivity contribution >= 4 is 47.5 Å². The van der Waals surface area contributed by atoms with Crippen LogP contribution in [0.25, 0.3) is 0 Å². The van der Waals surface area contributed by atoms with Gasteiger partial charge in [0.15, 0.2) is 29.7 Å². The predicted octanol–water partition coefficient (Wildman–Crippen LogP) is 3.92. The largest absolute Gasteiger partial charge is 0.479 e. The third-order valence-electron chi connectivity index (χ3n) is 15.3. The summed E-state index contributed by atoms with van der Waals surface area (Å²) in [7, 11) is 0. The van der Waals surface area contributed by atoms with E-state index in [0.29, 0.717) is 0 Å². The first kappa shape index (κ1) is 51.6. The molecule has 4 N–H and O–H groups in total. The van der Waals surface area contributed by atoms with Gasteiger partial charge in [-0.25, -0.2) is 19.2 Å². The molecule has 2 saturated heterocycles. The lowest BCUT2D eigenvalue weighted by molar-refractivity contribution is -0.346. The Kier molecular flexibility index (Phi) is 14.1. The summed E-state index contributed by atoms with van der Waals surface area (Å²) in [5.41, 5.74) is -7.82. The minimum Gasteiger partial charge on any atom is -0.479 e. The van der Waals surface area contributed by atoms with Crippen LogP contribution in [0.2, 0.25) is 0 Å². The van der Waals surface area contributed by atoms with Crippen molar-refractivity contribution < 1.29 is 86.8 Å². The number of nitrogens with one attached hydrogen (secondary N) is 1. The fraction of sp³-hybridized carbons (Fsp3) is 0.472. The zero-order valence-electron chi connectivity index (χ0n) is 40.4. The molecule has 19 nitrogen and oxygen atoms in total. The smallest absolute Gasteiger partial charge is 0.350 e. The molecule has 0 aromatic heterocycles. The lowest BCUT2D eigenvalue weighted by atomic mass is 9.44. The van der Waals surface area contributed by atoms with E-state index < -0.39 is 137 Å². The van der Waals surface area contributed by atoms with Gasteiger partial charge in [-0.1, -0.05) is 80.6 Å². The van der Waals surface area contributed by atoms with Gasteiger partial charge in [-0.3, -0.25) is 19.2 Å². The van der Waals surface area contributed by atoms with Gasteiger partial charge in [0.2, 0.25) is 6.10 Å². The summed E-state index contributed by atoms with van der Waals surface area (Å²) in [6.45, 7) is 7.70. The zero-order valence-corrected chi connectivity index (χ0v) is 40.4. The number of esters is 5. The normalized spacial score (nSPS) is 32.1. The minimum atomic E-state index is -2.51. The van der Waals surface area contributed by atoms with Gasteiger partial charge in [0.05, 0.1) is 29.6 Å². The van der Waals surface area contributed by atoms with Crippen LogP contribution in [0, 0.1) is 16.7 Å². The minimum absolute atomic E-state index is 0.0203. The standard InChI is InChI=1S/C53H57NO18/c1-27-35(69-49(64)41(70-48(63)34-23-22-33(68-34)46(60)61)39(30-16-10-7-11-17-30)54-45(59)31-18-12-8-13-19-31)25-53(65)44(71-47(62)32-20-14-9-15-21-32)42-51(6,36(57)24-37-52(42,26-66-37)72-29(3)56)43(58)40(67-28(2)55)38(27)50(53,4)5/h7-21,33-37,39-42,44,57,65H,22-26H2,1-6H3,(H,54,59)(H,60,61)/t33?,34?,35-,36-,37+,39-,40+,41+,42-,44-,51+,52-,53+/m0/s1. The van der Waals surface area contributed by atoms with Gasteiger partial charge < -0.3 is 53.8 Å². The Labute approximate surface area is 414 Å². The number of hydrogen-bond donors (Lipinski definition) is 4. The number of hydrogen-bond acceptors (Lipinski definition) is 17. The van der Waals surface area contributed by atoms with E-state index in [9.17, 15) is 44.1 Å². The Morgan fingerprint density at radius 3 is 1.94 bits per heavy atom. The fourth-order valence-electron chi connectivity index (χ4n) is 11.5. The van der Waals surface area contributed by atoms with Crippen LogP contribution >= 0.6 is 0 Å². The van der Waals surface area contributed by atoms with E-state index in [1.165, 1.54) is 52.0 Å². The maximum Gasteiger partial charge on any atom is 0.350 e. The summed E-state index contributed by atoms with van der Waals surface area (Å²) in [5, 5.41) is 38.6. The van der Waals surface area contributed by atoms with Crippen LogP contribution < -0.4 is 5.32 Å². The van der Waals surface area contributed by atoms with E-state index in [0.717, 1.165) is 13.8 Å². The maximum atomic E-state index is 15.7. The number of carbonyl (C=O) groups excluding carboxylic acids is 7. The number of aliphatic hydroxyl groups is 2. The Hall–Kier alpha value is -6.80. The molecule has 8 rings (SSSR count). The zero-order chi connectivity index (χ0) is 52.1.